The second-order valence-corrected chi connectivity index (χ2v) is 7.09. The third-order valence-electron chi connectivity index (χ3n) is 3.00. The van der Waals surface area contributed by atoms with Gasteiger partial charge in [-0.2, -0.15) is 0 Å². The average Bonchev–Trinajstić information content (AvgIpc) is 2.60. The van der Waals surface area contributed by atoms with Gasteiger partial charge in [0.05, 0.1) is 17.0 Å². The number of hydrogen-bond donors (Lipinski definition) is 0. The van der Waals surface area contributed by atoms with Crippen LogP contribution in [0.3, 0.4) is 0 Å². The van der Waals surface area contributed by atoms with Crippen molar-refractivity contribution in [2.24, 2.45) is 0 Å². The summed E-state index contributed by atoms with van der Waals surface area (Å²) in [5.74, 6) is -1.50. The average molecular weight is 302 g/mol. The van der Waals surface area contributed by atoms with Gasteiger partial charge in [0.1, 0.15) is 0 Å². The van der Waals surface area contributed by atoms with Crippen molar-refractivity contribution in [3.05, 3.63) is 28.8 Å². The fraction of sp³-hybridized carbons (Fsp3) is 0.333. The Morgan fingerprint density at radius 3 is 2.58 bits per heavy atom. The highest BCUT2D eigenvalue weighted by atomic mass is 35.5. The van der Waals surface area contributed by atoms with E-state index in [1.54, 1.807) is 19.1 Å². The number of hydrogen-bond acceptors (Lipinski definition) is 4. The summed E-state index contributed by atoms with van der Waals surface area (Å²) >= 11 is 5.78. The van der Waals surface area contributed by atoms with Crippen LogP contribution in [0, 0.1) is 0 Å². The molecule has 0 fully saturated rings. The Morgan fingerprint density at radius 2 is 1.95 bits per heavy atom. The van der Waals surface area contributed by atoms with Gasteiger partial charge in [-0.05, 0) is 18.2 Å². The maximum Gasteiger partial charge on any atom is 0.299 e. The zero-order valence-electron chi connectivity index (χ0n) is 10.2. The van der Waals surface area contributed by atoms with Gasteiger partial charge in [-0.3, -0.25) is 9.59 Å². The highest BCUT2D eigenvalue weighted by molar-refractivity contribution is 7.91. The lowest BCUT2D eigenvalue weighted by molar-refractivity contribution is -0.114. The van der Waals surface area contributed by atoms with Gasteiger partial charge in [-0.25, -0.2) is 8.42 Å². The Labute approximate surface area is 116 Å². The predicted molar refractivity (Wildman–Crippen MR) is 72.5 cm³/mol. The maximum absolute atomic E-state index is 11.8. The summed E-state index contributed by atoms with van der Waals surface area (Å²) in [5.41, 5.74) is 0.650. The second kappa shape index (κ2) is 4.94. The summed E-state index contributed by atoms with van der Waals surface area (Å²) in [7, 11) is -3.19. The van der Waals surface area contributed by atoms with Gasteiger partial charge in [0.15, 0.2) is 9.84 Å². The quantitative estimate of drug-likeness (QED) is 0.786. The molecule has 7 heteroatoms. The van der Waals surface area contributed by atoms with Crippen molar-refractivity contribution in [2.45, 2.75) is 6.92 Å². The molecule has 5 nitrogen and oxygen atoms in total. The van der Waals surface area contributed by atoms with Gasteiger partial charge in [-0.1, -0.05) is 18.5 Å². The van der Waals surface area contributed by atoms with Crippen molar-refractivity contribution < 1.29 is 18.0 Å². The largest absolute Gasteiger partial charge is 0.304 e. The van der Waals surface area contributed by atoms with Gasteiger partial charge in [0.25, 0.3) is 11.7 Å². The van der Waals surface area contributed by atoms with Gasteiger partial charge in [-0.15, -0.1) is 0 Å². The van der Waals surface area contributed by atoms with Crippen molar-refractivity contribution >= 4 is 38.8 Å². The maximum atomic E-state index is 11.8. The molecule has 0 bridgehead atoms. The topological polar surface area (TPSA) is 71.5 Å². The lowest BCUT2D eigenvalue weighted by Crippen LogP contribution is -2.34. The Morgan fingerprint density at radius 1 is 1.26 bits per heavy atom. The zero-order chi connectivity index (χ0) is 14.2. The number of halogens is 1. The number of amides is 1. The first-order chi connectivity index (χ1) is 8.85. The molecule has 2 rings (SSSR count). The Hall–Kier alpha value is -1.40. The molecule has 1 aliphatic rings. The molecule has 0 aromatic heterocycles. The first-order valence-corrected chi connectivity index (χ1v) is 7.92. The summed E-state index contributed by atoms with van der Waals surface area (Å²) in [6, 6.07) is 4.54. The number of fused-ring (bicyclic) bond motifs is 1. The molecule has 0 saturated carbocycles. The van der Waals surface area contributed by atoms with Gasteiger partial charge >= 0.3 is 0 Å². The molecule has 19 heavy (non-hydrogen) atoms. The van der Waals surface area contributed by atoms with Crippen LogP contribution in [0.2, 0.25) is 5.02 Å². The van der Waals surface area contributed by atoms with Gasteiger partial charge in [0, 0.05) is 17.3 Å². The summed E-state index contributed by atoms with van der Waals surface area (Å²) in [5, 5.41) is 0.364. The highest BCUT2D eigenvalue weighted by Crippen LogP contribution is 2.30. The predicted octanol–water partition coefficient (Wildman–Crippen LogP) is 1.30. The number of nitrogens with zero attached hydrogens (tertiary/aromatic N) is 1. The Kier molecular flexibility index (Phi) is 3.64. The normalized spacial score (nSPS) is 14.9. The van der Waals surface area contributed by atoms with Crippen LogP contribution in [0.1, 0.15) is 17.3 Å². The van der Waals surface area contributed by atoms with Gasteiger partial charge in [0.2, 0.25) is 0 Å². The first-order valence-electron chi connectivity index (χ1n) is 5.72. The van der Waals surface area contributed by atoms with Crippen LogP contribution in [0.25, 0.3) is 0 Å². The molecular formula is C12H12ClNO4S. The van der Waals surface area contributed by atoms with E-state index in [-0.39, 0.29) is 23.6 Å². The van der Waals surface area contributed by atoms with Crippen molar-refractivity contribution in [3.8, 4) is 0 Å². The molecule has 0 atom stereocenters. The van der Waals surface area contributed by atoms with E-state index in [9.17, 15) is 18.0 Å². The van der Waals surface area contributed by atoms with E-state index in [4.69, 9.17) is 11.6 Å². The fourth-order valence-corrected chi connectivity index (χ4v) is 2.79. The van der Waals surface area contributed by atoms with E-state index in [1.165, 1.54) is 11.0 Å². The van der Waals surface area contributed by atoms with Crippen molar-refractivity contribution in [1.29, 1.82) is 0 Å². The van der Waals surface area contributed by atoms with E-state index in [1.807, 2.05) is 0 Å². The third-order valence-corrected chi connectivity index (χ3v) is 4.92. The standard InChI is InChI=1S/C12H12ClNO4S/c1-2-19(17,18)6-5-14-10-4-3-8(13)7-9(10)11(15)12(14)16/h3-4,7H,2,5-6H2,1H3. The van der Waals surface area contributed by atoms with Crippen LogP contribution in [-0.4, -0.2) is 38.2 Å². The first kappa shape index (κ1) is 14.0. The number of Topliss-reactive ketones (excluding diaryl/α,β-unsaturated/α-hetero) is 1. The molecule has 102 valence electrons. The van der Waals surface area contributed by atoms with Crippen LogP contribution in [-0.2, 0) is 14.6 Å². The van der Waals surface area contributed by atoms with E-state index in [2.05, 4.69) is 0 Å². The minimum atomic E-state index is -3.19. The second-order valence-electron chi connectivity index (χ2n) is 4.18. The molecule has 0 saturated heterocycles. The van der Waals surface area contributed by atoms with Crippen LogP contribution in [0.15, 0.2) is 18.2 Å². The molecule has 0 aliphatic carbocycles. The molecule has 1 amide bonds. The number of carbonyl (C=O) groups excluding carboxylic acids is 2. The number of ketones is 1. The number of anilines is 1. The van der Waals surface area contributed by atoms with Crippen molar-refractivity contribution in [2.75, 3.05) is 23.0 Å². The van der Waals surface area contributed by atoms with E-state index in [0.29, 0.717) is 10.7 Å². The zero-order valence-corrected chi connectivity index (χ0v) is 11.8. The molecule has 0 radical (unpaired) electrons. The van der Waals surface area contributed by atoms with E-state index < -0.39 is 21.5 Å². The number of benzene rings is 1. The Balaban J connectivity index is 2.29. The van der Waals surface area contributed by atoms with Gasteiger partial charge < -0.3 is 4.90 Å². The molecular weight excluding hydrogens is 290 g/mol. The molecule has 1 aromatic rings. The number of carbonyl (C=O) groups is 2. The Bertz CT molecular complexity index is 654. The van der Waals surface area contributed by atoms with Crippen LogP contribution >= 0.6 is 11.6 Å². The van der Waals surface area contributed by atoms with Crippen LogP contribution in [0.4, 0.5) is 5.69 Å². The summed E-state index contributed by atoms with van der Waals surface area (Å²) in [6.07, 6.45) is 0. The monoisotopic (exact) mass is 301 g/mol. The SMILES string of the molecule is CCS(=O)(=O)CCN1C(=O)C(=O)c2cc(Cl)ccc21. The molecule has 0 N–H and O–H groups in total. The molecule has 0 unspecified atom stereocenters. The summed E-state index contributed by atoms with van der Waals surface area (Å²) in [4.78, 5) is 24.8. The van der Waals surface area contributed by atoms with Crippen molar-refractivity contribution in [3.63, 3.8) is 0 Å². The number of sulfone groups is 1. The summed E-state index contributed by atoms with van der Waals surface area (Å²) in [6.45, 7) is 1.52. The molecule has 1 aliphatic heterocycles. The highest BCUT2D eigenvalue weighted by Gasteiger charge is 2.36. The molecule has 0 spiro atoms. The smallest absolute Gasteiger partial charge is 0.299 e. The lowest BCUT2D eigenvalue weighted by Gasteiger charge is -2.16. The van der Waals surface area contributed by atoms with Crippen LogP contribution < -0.4 is 4.90 Å². The van der Waals surface area contributed by atoms with E-state index in [0.717, 1.165) is 0 Å². The minimum absolute atomic E-state index is 0.0104. The fourth-order valence-electron chi connectivity index (χ4n) is 1.87. The lowest BCUT2D eigenvalue weighted by atomic mass is 10.1. The minimum Gasteiger partial charge on any atom is -0.304 e. The van der Waals surface area contributed by atoms with Crippen molar-refractivity contribution in [1.82, 2.24) is 0 Å². The molecule has 1 heterocycles. The van der Waals surface area contributed by atoms with Crippen LogP contribution in [0.5, 0.6) is 0 Å². The molecule has 1 aromatic carbocycles. The third kappa shape index (κ3) is 2.64. The summed E-state index contributed by atoms with van der Waals surface area (Å²) < 4.78 is 22.9. The number of rotatable bonds is 4. The van der Waals surface area contributed by atoms with E-state index >= 15 is 0 Å².